The number of rotatable bonds is 4. The van der Waals surface area contributed by atoms with Crippen LogP contribution in [0.25, 0.3) is 0 Å². The van der Waals surface area contributed by atoms with Crippen LogP contribution in [0.15, 0.2) is 24.3 Å². The van der Waals surface area contributed by atoms with Gasteiger partial charge in [0, 0.05) is 15.9 Å². The van der Waals surface area contributed by atoms with Crippen molar-refractivity contribution in [2.24, 2.45) is 17.6 Å². The highest BCUT2D eigenvalue weighted by Crippen LogP contribution is 2.57. The summed E-state index contributed by atoms with van der Waals surface area (Å²) in [6.07, 6.45) is 0. The number of carbonyl (C=O) groups is 3. The maximum atomic E-state index is 12.4. The fraction of sp³-hybridized carbons (Fsp3) is 0.471. The molecule has 1 aliphatic carbocycles. The molecule has 1 amide bonds. The molecule has 0 aromatic heterocycles. The number of thioether (sulfide) groups is 1. The molecule has 8 heteroatoms. The van der Waals surface area contributed by atoms with Gasteiger partial charge in [-0.05, 0) is 31.5 Å². The molecule has 0 bridgehead atoms. The van der Waals surface area contributed by atoms with Crippen LogP contribution in [0.3, 0.4) is 0 Å². The third-order valence-electron chi connectivity index (χ3n) is 4.96. The zero-order valence-corrected chi connectivity index (χ0v) is 14.6. The summed E-state index contributed by atoms with van der Waals surface area (Å²) < 4.78 is -0.574. The van der Waals surface area contributed by atoms with Gasteiger partial charge in [0.25, 0.3) is 0 Å². The Labute approximate surface area is 149 Å². The van der Waals surface area contributed by atoms with Crippen LogP contribution < -0.4 is 11.1 Å². The number of benzene rings is 1. The summed E-state index contributed by atoms with van der Waals surface area (Å²) in [5, 5.41) is 21.1. The molecule has 1 aliphatic heterocycles. The zero-order valence-electron chi connectivity index (χ0n) is 13.8. The van der Waals surface area contributed by atoms with E-state index in [4.69, 9.17) is 5.73 Å². The van der Waals surface area contributed by atoms with Crippen molar-refractivity contribution < 1.29 is 24.6 Å². The van der Waals surface area contributed by atoms with Gasteiger partial charge in [-0.15, -0.1) is 11.8 Å². The fourth-order valence-corrected chi connectivity index (χ4v) is 5.52. The Hall–Kier alpha value is -2.06. The normalized spacial score (nSPS) is 30.9. The lowest BCUT2D eigenvalue weighted by molar-refractivity contribution is -0.151. The van der Waals surface area contributed by atoms with E-state index in [0.717, 1.165) is 0 Å². The Bertz CT molecular complexity index is 733. The molecule has 3 rings (SSSR count). The maximum absolute atomic E-state index is 12.4. The summed E-state index contributed by atoms with van der Waals surface area (Å²) in [6.45, 7) is 3.62. The van der Waals surface area contributed by atoms with Gasteiger partial charge in [-0.3, -0.25) is 14.4 Å². The van der Waals surface area contributed by atoms with Gasteiger partial charge in [-0.2, -0.15) is 0 Å². The van der Waals surface area contributed by atoms with Gasteiger partial charge in [0.15, 0.2) is 5.78 Å². The molecular weight excluding hydrogens is 344 g/mol. The van der Waals surface area contributed by atoms with Crippen LogP contribution in [0.1, 0.15) is 25.5 Å². The van der Waals surface area contributed by atoms with E-state index in [9.17, 15) is 24.6 Å². The Kier molecular flexibility index (Phi) is 4.28. The van der Waals surface area contributed by atoms with E-state index in [1.54, 1.807) is 12.1 Å². The zero-order chi connectivity index (χ0) is 18.5. The van der Waals surface area contributed by atoms with E-state index in [0.29, 0.717) is 5.56 Å². The first kappa shape index (κ1) is 17.8. The smallest absolute Gasteiger partial charge is 0.308 e. The van der Waals surface area contributed by atoms with Crippen molar-refractivity contribution in [3.05, 3.63) is 29.8 Å². The molecular formula is C17H20N2O5S. The van der Waals surface area contributed by atoms with Crippen LogP contribution in [0, 0.1) is 11.8 Å². The van der Waals surface area contributed by atoms with E-state index in [1.807, 2.05) is 13.8 Å². The highest BCUT2D eigenvalue weighted by Gasteiger charge is 2.66. The number of aromatic hydroxyl groups is 1. The average Bonchev–Trinajstić information content (AvgIpc) is 2.80. The van der Waals surface area contributed by atoms with Crippen LogP contribution in [0.2, 0.25) is 0 Å². The van der Waals surface area contributed by atoms with E-state index in [2.05, 4.69) is 5.32 Å². The van der Waals surface area contributed by atoms with E-state index < -0.39 is 40.5 Å². The van der Waals surface area contributed by atoms with Crippen molar-refractivity contribution in [1.29, 1.82) is 0 Å². The summed E-state index contributed by atoms with van der Waals surface area (Å²) in [5.74, 6) is -3.00. The average molecular weight is 364 g/mol. The number of nitrogens with one attached hydrogen (secondary N) is 1. The number of Topliss-reactive ketones (excluding diaryl/α,β-unsaturated/α-hetero) is 1. The fourth-order valence-electron chi connectivity index (χ4n) is 3.65. The van der Waals surface area contributed by atoms with E-state index in [-0.39, 0.29) is 16.8 Å². The van der Waals surface area contributed by atoms with Crippen molar-refractivity contribution in [1.82, 2.24) is 5.32 Å². The number of hydrogen-bond donors (Lipinski definition) is 4. The molecule has 5 atom stereocenters. The Morgan fingerprint density at radius 1 is 1.28 bits per heavy atom. The van der Waals surface area contributed by atoms with Crippen molar-refractivity contribution >= 4 is 29.4 Å². The van der Waals surface area contributed by atoms with Crippen molar-refractivity contribution in [2.45, 2.75) is 35.9 Å². The summed E-state index contributed by atoms with van der Waals surface area (Å²) in [6, 6.07) is 4.26. The maximum Gasteiger partial charge on any atom is 0.308 e. The number of carboxylic acid groups (broad SMARTS) is 1. The highest BCUT2D eigenvalue weighted by atomic mass is 32.2. The molecule has 2 fully saturated rings. The number of hydrogen-bond acceptors (Lipinski definition) is 6. The van der Waals surface area contributed by atoms with Crippen molar-refractivity contribution in [2.75, 3.05) is 0 Å². The van der Waals surface area contributed by atoms with Crippen LogP contribution >= 0.6 is 11.8 Å². The van der Waals surface area contributed by atoms with Gasteiger partial charge in [-0.1, -0.05) is 12.1 Å². The number of aliphatic carboxylic acids is 1. The van der Waals surface area contributed by atoms with Gasteiger partial charge < -0.3 is 21.3 Å². The number of carbonyl (C=O) groups excluding carboxylic acids is 2. The Morgan fingerprint density at radius 3 is 2.44 bits per heavy atom. The topological polar surface area (TPSA) is 130 Å². The first-order chi connectivity index (χ1) is 11.6. The minimum absolute atomic E-state index is 0.0673. The molecule has 0 radical (unpaired) electrons. The second-order valence-electron chi connectivity index (χ2n) is 6.99. The molecule has 1 saturated carbocycles. The molecule has 1 aromatic rings. The van der Waals surface area contributed by atoms with Crippen LogP contribution in [-0.4, -0.2) is 43.9 Å². The molecule has 25 heavy (non-hydrogen) atoms. The third kappa shape index (κ3) is 2.89. The minimum atomic E-state index is -0.982. The van der Waals surface area contributed by atoms with Crippen molar-refractivity contribution in [3.8, 4) is 5.75 Å². The first-order valence-corrected chi connectivity index (χ1v) is 8.80. The standard InChI is InChI=1S/C17H20N2O5S/c1-17(2)10(16(23)24)9-13(21)12(14(9)25-17)19-15(22)11(18)7-3-5-8(20)6-4-7/h3-6,9-12,14,20H,18H2,1-2H3,(H,19,22)(H,23,24)/t9?,10?,11?,12-,14+/m1/s1. The molecule has 7 nitrogen and oxygen atoms in total. The quantitative estimate of drug-likeness (QED) is 0.618. The van der Waals surface area contributed by atoms with E-state index >= 15 is 0 Å². The number of amides is 1. The molecule has 134 valence electrons. The van der Waals surface area contributed by atoms with Gasteiger partial charge in [0.1, 0.15) is 17.8 Å². The molecule has 3 unspecified atom stereocenters. The SMILES string of the molecule is CC1(C)S[C@H]2C(C(=O)[C@H]2NC(=O)C(N)c2ccc(O)cc2)C1C(=O)O. The molecule has 1 heterocycles. The number of carboxylic acids is 1. The third-order valence-corrected chi connectivity index (χ3v) is 6.66. The molecule has 1 saturated heterocycles. The summed E-state index contributed by atoms with van der Waals surface area (Å²) in [5.41, 5.74) is 6.44. The van der Waals surface area contributed by atoms with Gasteiger partial charge in [0.05, 0.1) is 5.92 Å². The lowest BCUT2D eigenvalue weighted by atomic mass is 9.67. The van der Waals surface area contributed by atoms with Crippen LogP contribution in [0.5, 0.6) is 5.75 Å². The number of fused-ring (bicyclic) bond motifs is 1. The van der Waals surface area contributed by atoms with Crippen molar-refractivity contribution in [3.63, 3.8) is 0 Å². The number of ketones is 1. The van der Waals surface area contributed by atoms with Gasteiger partial charge in [0.2, 0.25) is 5.91 Å². The summed E-state index contributed by atoms with van der Waals surface area (Å²) in [4.78, 5) is 36.3. The lowest BCUT2D eigenvalue weighted by Gasteiger charge is -2.39. The highest BCUT2D eigenvalue weighted by molar-refractivity contribution is 8.01. The largest absolute Gasteiger partial charge is 0.508 e. The Balaban J connectivity index is 1.70. The van der Waals surface area contributed by atoms with Gasteiger partial charge in [-0.25, -0.2) is 0 Å². The molecule has 2 aliphatic rings. The van der Waals surface area contributed by atoms with Crippen LogP contribution in [-0.2, 0) is 14.4 Å². The first-order valence-electron chi connectivity index (χ1n) is 7.92. The molecule has 0 spiro atoms. The minimum Gasteiger partial charge on any atom is -0.508 e. The van der Waals surface area contributed by atoms with Crippen LogP contribution in [0.4, 0.5) is 0 Å². The summed E-state index contributed by atoms with van der Waals surface area (Å²) >= 11 is 1.43. The monoisotopic (exact) mass is 364 g/mol. The predicted molar refractivity (Wildman–Crippen MR) is 92.0 cm³/mol. The number of phenols is 1. The van der Waals surface area contributed by atoms with E-state index in [1.165, 1.54) is 23.9 Å². The molecule has 5 N–H and O–H groups in total. The Morgan fingerprint density at radius 2 is 1.88 bits per heavy atom. The lowest BCUT2D eigenvalue weighted by Crippen LogP contribution is -2.64. The number of phenolic OH excluding ortho intramolecular Hbond substituents is 1. The van der Waals surface area contributed by atoms with Gasteiger partial charge >= 0.3 is 5.97 Å². The predicted octanol–water partition coefficient (Wildman–Crippen LogP) is 0.670. The number of nitrogens with two attached hydrogens (primary N) is 1. The second kappa shape index (κ2) is 6.03. The second-order valence-corrected chi connectivity index (χ2v) is 8.82. The summed E-state index contributed by atoms with van der Waals surface area (Å²) in [7, 11) is 0. The molecule has 1 aromatic carbocycles.